The Kier molecular flexibility index (Phi) is 2.45. The van der Waals surface area contributed by atoms with Crippen LogP contribution in [-0.4, -0.2) is 27.8 Å². The van der Waals surface area contributed by atoms with Gasteiger partial charge in [-0.15, -0.1) is 0 Å². The van der Waals surface area contributed by atoms with Gasteiger partial charge in [0.2, 0.25) is 0 Å². The number of oxime groups is 1. The van der Waals surface area contributed by atoms with Gasteiger partial charge in [-0.25, -0.2) is 0 Å². The van der Waals surface area contributed by atoms with Crippen LogP contribution in [0.1, 0.15) is 6.42 Å². The second kappa shape index (κ2) is 3.19. The summed E-state index contributed by atoms with van der Waals surface area (Å²) in [6, 6.07) is -1.01. The van der Waals surface area contributed by atoms with Crippen molar-refractivity contribution < 1.29 is 14.7 Å². The number of rotatable bonds is 2. The molecule has 1 heterocycles. The van der Waals surface area contributed by atoms with Gasteiger partial charge in [-0.2, -0.15) is 0 Å². The third-order valence-electron chi connectivity index (χ3n) is 1.34. The maximum absolute atomic E-state index is 10.3. The molecule has 2 atom stereocenters. The van der Waals surface area contributed by atoms with Crippen LogP contribution in [0.25, 0.3) is 0 Å². The fraction of sp³-hybridized carbons (Fsp3) is 0.600. The molecule has 0 fully saturated rings. The minimum atomic E-state index is -1.08. The van der Waals surface area contributed by atoms with Gasteiger partial charge in [-0.05, 0) is 15.9 Å². The van der Waals surface area contributed by atoms with Gasteiger partial charge in [0.1, 0.15) is 10.7 Å². The Labute approximate surface area is 71.3 Å². The van der Waals surface area contributed by atoms with Crippen LogP contribution >= 0.6 is 15.9 Å². The smallest absolute Gasteiger partial charge is 0.324 e. The van der Waals surface area contributed by atoms with E-state index in [0.29, 0.717) is 11.0 Å². The number of carboxylic acids is 1. The van der Waals surface area contributed by atoms with Crippen molar-refractivity contribution in [3.63, 3.8) is 0 Å². The van der Waals surface area contributed by atoms with Crippen LogP contribution in [0.4, 0.5) is 0 Å². The summed E-state index contributed by atoms with van der Waals surface area (Å²) in [4.78, 5) is 15.0. The molecule has 0 spiro atoms. The van der Waals surface area contributed by atoms with E-state index < -0.39 is 18.1 Å². The molecule has 0 saturated heterocycles. The summed E-state index contributed by atoms with van der Waals surface area (Å²) in [6.07, 6.45) is -0.116. The van der Waals surface area contributed by atoms with Crippen molar-refractivity contribution in [1.29, 1.82) is 0 Å². The molecule has 3 N–H and O–H groups in total. The van der Waals surface area contributed by atoms with Gasteiger partial charge in [0.15, 0.2) is 6.10 Å². The Morgan fingerprint density at radius 2 is 2.64 bits per heavy atom. The van der Waals surface area contributed by atoms with Gasteiger partial charge in [-0.1, -0.05) is 5.16 Å². The zero-order valence-electron chi connectivity index (χ0n) is 5.53. The lowest BCUT2D eigenvalue weighted by molar-refractivity contribution is -0.141. The Balaban J connectivity index is 2.47. The highest BCUT2D eigenvalue weighted by Gasteiger charge is 2.30. The summed E-state index contributed by atoms with van der Waals surface area (Å²) in [5.74, 6) is -1.08. The minimum absolute atomic E-state index is 0.424. The normalized spacial score (nSPS) is 25.6. The summed E-state index contributed by atoms with van der Waals surface area (Å²) < 4.78 is 0.596. The maximum atomic E-state index is 10.3. The molecule has 0 aromatic rings. The standard InChI is InChI=1S/C5H7BrN2O3/c6-3-1-2(11-8-3)4(7)5(9)10/h2,4H,1,7H2,(H,9,10)/t2-,4+/m0/s1. The van der Waals surface area contributed by atoms with Crippen molar-refractivity contribution in [2.24, 2.45) is 10.9 Å². The summed E-state index contributed by atoms with van der Waals surface area (Å²) in [6.45, 7) is 0. The van der Waals surface area contributed by atoms with Crippen LogP contribution in [0, 0.1) is 0 Å². The lowest BCUT2D eigenvalue weighted by Gasteiger charge is -2.11. The van der Waals surface area contributed by atoms with Crippen LogP contribution in [0.5, 0.6) is 0 Å². The van der Waals surface area contributed by atoms with Gasteiger partial charge in [0.05, 0.1) is 0 Å². The zero-order chi connectivity index (χ0) is 8.43. The molecule has 1 aliphatic heterocycles. The van der Waals surface area contributed by atoms with E-state index in [-0.39, 0.29) is 0 Å². The predicted octanol–water partition coefficient (Wildman–Crippen LogP) is -0.104. The molecule has 0 saturated carbocycles. The summed E-state index contributed by atoms with van der Waals surface area (Å²) in [5.41, 5.74) is 5.27. The van der Waals surface area contributed by atoms with Crippen LogP contribution < -0.4 is 5.73 Å². The second-order valence-corrected chi connectivity index (χ2v) is 3.09. The molecule has 62 valence electrons. The van der Waals surface area contributed by atoms with Gasteiger partial charge in [0, 0.05) is 6.42 Å². The topological polar surface area (TPSA) is 84.9 Å². The molecular weight excluding hydrogens is 216 g/mol. The van der Waals surface area contributed by atoms with Crippen molar-refractivity contribution >= 4 is 26.5 Å². The van der Waals surface area contributed by atoms with E-state index in [4.69, 9.17) is 15.7 Å². The van der Waals surface area contributed by atoms with E-state index in [9.17, 15) is 4.79 Å². The first-order chi connectivity index (χ1) is 5.11. The second-order valence-electron chi connectivity index (χ2n) is 2.18. The summed E-state index contributed by atoms with van der Waals surface area (Å²) in [7, 11) is 0. The van der Waals surface area contributed by atoms with Crippen LogP contribution in [0.15, 0.2) is 5.16 Å². The van der Waals surface area contributed by atoms with Crippen molar-refractivity contribution in [1.82, 2.24) is 0 Å². The monoisotopic (exact) mass is 222 g/mol. The van der Waals surface area contributed by atoms with E-state index in [2.05, 4.69) is 21.1 Å². The molecule has 1 rings (SSSR count). The van der Waals surface area contributed by atoms with E-state index >= 15 is 0 Å². The number of hydrogen-bond acceptors (Lipinski definition) is 4. The third kappa shape index (κ3) is 1.90. The van der Waals surface area contributed by atoms with Crippen LogP contribution in [-0.2, 0) is 9.63 Å². The first-order valence-electron chi connectivity index (χ1n) is 2.98. The lowest BCUT2D eigenvalue weighted by Crippen LogP contribution is -2.41. The number of carboxylic acid groups (broad SMARTS) is 1. The van der Waals surface area contributed by atoms with Crippen LogP contribution in [0.3, 0.4) is 0 Å². The summed E-state index contributed by atoms with van der Waals surface area (Å²) in [5, 5.41) is 12.0. The molecule has 5 nitrogen and oxygen atoms in total. The molecule has 0 radical (unpaired) electrons. The Bertz CT molecular complexity index is 206. The summed E-state index contributed by atoms with van der Waals surface area (Å²) >= 11 is 3.07. The average Bonchev–Trinajstić information content (AvgIpc) is 2.34. The molecule has 0 aromatic carbocycles. The first-order valence-corrected chi connectivity index (χ1v) is 3.77. The van der Waals surface area contributed by atoms with Crippen molar-refractivity contribution in [2.75, 3.05) is 0 Å². The van der Waals surface area contributed by atoms with Gasteiger partial charge in [-0.3, -0.25) is 4.79 Å². The quantitative estimate of drug-likeness (QED) is 0.684. The number of nitrogens with zero attached hydrogens (tertiary/aromatic N) is 1. The third-order valence-corrected chi connectivity index (χ3v) is 1.81. The van der Waals surface area contributed by atoms with E-state index in [1.165, 1.54) is 0 Å². The molecule has 0 aromatic heterocycles. The first kappa shape index (κ1) is 8.48. The fourth-order valence-corrected chi connectivity index (χ4v) is 1.12. The molecular formula is C5H7BrN2O3. The lowest BCUT2D eigenvalue weighted by atomic mass is 10.1. The van der Waals surface area contributed by atoms with Crippen molar-refractivity contribution in [3.05, 3.63) is 0 Å². The Morgan fingerprint density at radius 3 is 3.00 bits per heavy atom. The molecule has 6 heteroatoms. The highest BCUT2D eigenvalue weighted by atomic mass is 79.9. The van der Waals surface area contributed by atoms with Crippen molar-refractivity contribution in [2.45, 2.75) is 18.6 Å². The highest BCUT2D eigenvalue weighted by molar-refractivity contribution is 9.18. The van der Waals surface area contributed by atoms with E-state index in [0.717, 1.165) is 0 Å². The molecule has 0 amide bonds. The largest absolute Gasteiger partial charge is 0.480 e. The van der Waals surface area contributed by atoms with Gasteiger partial charge >= 0.3 is 5.97 Å². The molecule has 1 aliphatic rings. The van der Waals surface area contributed by atoms with E-state index in [1.54, 1.807) is 0 Å². The average molecular weight is 223 g/mol. The Morgan fingerprint density at radius 1 is 2.00 bits per heavy atom. The number of aliphatic carboxylic acids is 1. The van der Waals surface area contributed by atoms with Gasteiger partial charge < -0.3 is 15.7 Å². The van der Waals surface area contributed by atoms with Crippen LogP contribution in [0.2, 0.25) is 0 Å². The van der Waals surface area contributed by atoms with Crippen molar-refractivity contribution in [3.8, 4) is 0 Å². The highest BCUT2D eigenvalue weighted by Crippen LogP contribution is 2.16. The number of nitrogens with two attached hydrogens (primary N) is 1. The van der Waals surface area contributed by atoms with Gasteiger partial charge in [0.25, 0.3) is 0 Å². The number of halogens is 1. The molecule has 11 heavy (non-hydrogen) atoms. The SMILES string of the molecule is N[C@@H](C(=O)O)[C@@H]1CC(Br)=NO1. The van der Waals surface area contributed by atoms with E-state index in [1.807, 2.05) is 0 Å². The Hall–Kier alpha value is -0.620. The maximum Gasteiger partial charge on any atom is 0.324 e. The number of hydrogen-bond donors (Lipinski definition) is 2. The minimum Gasteiger partial charge on any atom is -0.480 e. The predicted molar refractivity (Wildman–Crippen MR) is 41.5 cm³/mol. The molecule has 0 bridgehead atoms. The zero-order valence-corrected chi connectivity index (χ0v) is 7.11. The molecule has 0 aliphatic carbocycles. The number of carbonyl (C=O) groups is 1. The fourth-order valence-electron chi connectivity index (χ4n) is 0.717. The molecule has 0 unspecified atom stereocenters.